The van der Waals surface area contributed by atoms with Gasteiger partial charge in [0.15, 0.2) is 12.1 Å². The third-order valence-corrected chi connectivity index (χ3v) is 7.33. The average Bonchev–Trinajstić information content (AvgIpc) is 2.81. The van der Waals surface area contributed by atoms with E-state index in [0.717, 1.165) is 0 Å². The largest absolute Gasteiger partial charge is 0.507 e. The Bertz CT molecular complexity index is 1260. The molecule has 0 saturated carbocycles. The van der Waals surface area contributed by atoms with E-state index in [9.17, 15) is 30.0 Å². The lowest BCUT2D eigenvalue weighted by molar-refractivity contribution is -0.247. The van der Waals surface area contributed by atoms with Gasteiger partial charge in [0.1, 0.15) is 17.2 Å². The summed E-state index contributed by atoms with van der Waals surface area (Å²) in [5, 5.41) is 43.7. The molecule has 36 heavy (non-hydrogen) atoms. The highest BCUT2D eigenvalue weighted by atomic mass is 16.7. The van der Waals surface area contributed by atoms with Crippen molar-refractivity contribution in [3.05, 3.63) is 51.6 Å². The van der Waals surface area contributed by atoms with Crippen molar-refractivity contribution in [2.24, 2.45) is 5.73 Å². The Morgan fingerprint density at radius 2 is 1.81 bits per heavy atom. The van der Waals surface area contributed by atoms with Gasteiger partial charge in [0.2, 0.25) is 5.78 Å². The maximum Gasteiger partial charge on any atom is 0.202 e. The predicted octanol–water partition coefficient (Wildman–Crippen LogP) is 1.46. The first-order valence-electron chi connectivity index (χ1n) is 11.8. The van der Waals surface area contributed by atoms with E-state index in [1.807, 2.05) is 0 Å². The van der Waals surface area contributed by atoms with Gasteiger partial charge in [0, 0.05) is 42.0 Å². The molecule has 5 rings (SSSR count). The lowest BCUT2D eigenvalue weighted by Crippen LogP contribution is -2.52. The molecule has 6 N–H and O–H groups in total. The van der Waals surface area contributed by atoms with Crippen LogP contribution >= 0.6 is 0 Å². The predicted molar refractivity (Wildman–Crippen MR) is 125 cm³/mol. The molecule has 2 aromatic carbocycles. The zero-order chi connectivity index (χ0) is 26.1. The number of benzene rings is 2. The highest BCUT2D eigenvalue weighted by Crippen LogP contribution is 2.52. The molecule has 0 aromatic heterocycles. The number of nitrogens with two attached hydrogens (primary N) is 1. The Hall–Kier alpha value is -3.02. The molecule has 0 spiro atoms. The van der Waals surface area contributed by atoms with Gasteiger partial charge in [0.25, 0.3) is 0 Å². The first-order valence-corrected chi connectivity index (χ1v) is 11.8. The molecular weight excluding hydrogens is 470 g/mol. The molecule has 0 bridgehead atoms. The maximum atomic E-state index is 13.6. The highest BCUT2D eigenvalue weighted by molar-refractivity contribution is 6.31. The van der Waals surface area contributed by atoms with Crippen molar-refractivity contribution in [1.82, 2.24) is 0 Å². The normalized spacial score (nSPS) is 31.4. The summed E-state index contributed by atoms with van der Waals surface area (Å²) in [6.07, 6.45) is -3.28. The molecule has 10 nitrogen and oxygen atoms in total. The SMILES string of the molecule is COc1cccc2c1C(=O)c1c(O)c3c(c(O)c1C2=O)C[C@](C)(O)C[C@@H]3O[C@H]1C[C@H](N)[C@H](O)[C@H](C)O1. The second-order valence-electron chi connectivity index (χ2n) is 10.0. The van der Waals surface area contributed by atoms with Crippen molar-refractivity contribution in [3.63, 3.8) is 0 Å². The quantitative estimate of drug-likeness (QED) is 0.333. The van der Waals surface area contributed by atoms with Crippen LogP contribution in [0.3, 0.4) is 0 Å². The number of ether oxygens (including phenoxy) is 3. The standard InChI is InChI=1S/C26H29NO9/c1-10-21(28)13(27)7-16(35-10)36-15-9-26(2,33)8-12-18(15)25(32)20-19(23(12)30)22(29)11-5-4-6-14(34-3)17(11)24(20)31/h4-6,10,13,15-16,21,28,30,32-33H,7-9,27H2,1-3H3/t10-,13-,15-,16-,21+,26-/m0/s1. The smallest absolute Gasteiger partial charge is 0.202 e. The van der Waals surface area contributed by atoms with Crippen LogP contribution in [0, 0.1) is 0 Å². The van der Waals surface area contributed by atoms with E-state index >= 15 is 0 Å². The molecule has 10 heteroatoms. The van der Waals surface area contributed by atoms with Crippen LogP contribution < -0.4 is 10.5 Å². The van der Waals surface area contributed by atoms with Crippen LogP contribution in [0.15, 0.2) is 18.2 Å². The minimum absolute atomic E-state index is 0.00294. The molecule has 6 atom stereocenters. The molecule has 0 unspecified atom stereocenters. The molecule has 0 amide bonds. The van der Waals surface area contributed by atoms with E-state index < -0.39 is 59.3 Å². The Morgan fingerprint density at radius 3 is 2.47 bits per heavy atom. The fourth-order valence-electron chi connectivity index (χ4n) is 5.57. The molecule has 2 aromatic rings. The molecule has 1 fully saturated rings. The van der Waals surface area contributed by atoms with Crippen molar-refractivity contribution in [2.45, 2.75) is 69.4 Å². The summed E-state index contributed by atoms with van der Waals surface area (Å²) in [4.78, 5) is 27.0. The van der Waals surface area contributed by atoms with Gasteiger partial charge < -0.3 is 40.4 Å². The van der Waals surface area contributed by atoms with Crippen LogP contribution in [0.1, 0.15) is 75.8 Å². The van der Waals surface area contributed by atoms with E-state index in [2.05, 4.69) is 0 Å². The van der Waals surface area contributed by atoms with Gasteiger partial charge in [-0.25, -0.2) is 0 Å². The Balaban J connectivity index is 1.65. The van der Waals surface area contributed by atoms with E-state index in [0.29, 0.717) is 0 Å². The number of hydrogen-bond acceptors (Lipinski definition) is 10. The number of ketones is 2. The fourth-order valence-corrected chi connectivity index (χ4v) is 5.57. The van der Waals surface area contributed by atoms with E-state index in [1.54, 1.807) is 19.9 Å². The van der Waals surface area contributed by atoms with Gasteiger partial charge >= 0.3 is 0 Å². The molecule has 1 heterocycles. The Labute approximate surface area is 207 Å². The second kappa shape index (κ2) is 8.53. The summed E-state index contributed by atoms with van der Waals surface area (Å²) in [6, 6.07) is 3.94. The molecule has 2 aliphatic carbocycles. The zero-order valence-electron chi connectivity index (χ0n) is 20.1. The van der Waals surface area contributed by atoms with Crippen LogP contribution in [-0.2, 0) is 15.9 Å². The third kappa shape index (κ3) is 3.68. The number of rotatable bonds is 3. The number of phenolic OH excluding ortho intramolecular Hbond substituents is 2. The number of carbonyl (C=O) groups excluding carboxylic acids is 2. The van der Waals surface area contributed by atoms with Crippen LogP contribution in [0.2, 0.25) is 0 Å². The third-order valence-electron chi connectivity index (χ3n) is 7.33. The minimum Gasteiger partial charge on any atom is -0.507 e. The minimum atomic E-state index is -1.36. The number of aromatic hydroxyl groups is 2. The van der Waals surface area contributed by atoms with Crippen LogP contribution in [0.25, 0.3) is 0 Å². The van der Waals surface area contributed by atoms with Crippen molar-refractivity contribution < 1.29 is 44.2 Å². The van der Waals surface area contributed by atoms with E-state index in [-0.39, 0.29) is 58.4 Å². The van der Waals surface area contributed by atoms with E-state index in [1.165, 1.54) is 19.2 Å². The first-order chi connectivity index (χ1) is 16.9. The van der Waals surface area contributed by atoms with Crippen LogP contribution in [0.4, 0.5) is 0 Å². The topological polar surface area (TPSA) is 169 Å². The summed E-state index contributed by atoms with van der Waals surface area (Å²) in [5.41, 5.74) is 4.27. The average molecular weight is 500 g/mol. The van der Waals surface area contributed by atoms with Crippen LogP contribution in [0.5, 0.6) is 17.2 Å². The van der Waals surface area contributed by atoms with Gasteiger partial charge in [-0.15, -0.1) is 0 Å². The van der Waals surface area contributed by atoms with Gasteiger partial charge in [-0.3, -0.25) is 9.59 Å². The summed E-state index contributed by atoms with van der Waals surface area (Å²) < 4.78 is 17.1. The number of aliphatic hydroxyl groups excluding tert-OH is 1. The highest BCUT2D eigenvalue weighted by Gasteiger charge is 2.46. The number of carbonyl (C=O) groups is 2. The van der Waals surface area contributed by atoms with Crippen molar-refractivity contribution in [1.29, 1.82) is 0 Å². The van der Waals surface area contributed by atoms with E-state index in [4.69, 9.17) is 19.9 Å². The first kappa shape index (κ1) is 24.7. The lowest BCUT2D eigenvalue weighted by Gasteiger charge is -2.41. The molecule has 192 valence electrons. The number of aliphatic hydroxyl groups is 2. The zero-order valence-corrected chi connectivity index (χ0v) is 20.1. The van der Waals surface area contributed by atoms with Crippen LogP contribution in [-0.4, -0.2) is 69.2 Å². The summed E-state index contributed by atoms with van der Waals surface area (Å²) in [7, 11) is 1.37. The van der Waals surface area contributed by atoms with Crippen molar-refractivity contribution in [3.8, 4) is 17.2 Å². The summed E-state index contributed by atoms with van der Waals surface area (Å²) in [5.74, 6) is -2.12. The molecular formula is C26H29NO9. The molecule has 1 aliphatic heterocycles. The van der Waals surface area contributed by atoms with Gasteiger partial charge in [0.05, 0.1) is 47.7 Å². The Kier molecular flexibility index (Phi) is 5.85. The van der Waals surface area contributed by atoms with Crippen molar-refractivity contribution in [2.75, 3.05) is 7.11 Å². The van der Waals surface area contributed by atoms with Gasteiger partial charge in [-0.1, -0.05) is 12.1 Å². The number of fused-ring (bicyclic) bond motifs is 3. The van der Waals surface area contributed by atoms with Gasteiger partial charge in [-0.2, -0.15) is 0 Å². The summed E-state index contributed by atoms with van der Waals surface area (Å²) >= 11 is 0. The monoisotopic (exact) mass is 499 g/mol. The fraction of sp³-hybridized carbons (Fsp3) is 0.462. The number of hydrogen-bond donors (Lipinski definition) is 5. The number of phenols is 2. The lowest BCUT2D eigenvalue weighted by atomic mass is 9.73. The molecule has 0 radical (unpaired) electrons. The molecule has 1 saturated heterocycles. The summed E-state index contributed by atoms with van der Waals surface area (Å²) in [6.45, 7) is 3.20. The molecule has 3 aliphatic rings. The number of methoxy groups -OCH3 is 1. The second-order valence-corrected chi connectivity index (χ2v) is 10.0. The van der Waals surface area contributed by atoms with Crippen molar-refractivity contribution >= 4 is 11.6 Å². The Morgan fingerprint density at radius 1 is 1.11 bits per heavy atom. The van der Waals surface area contributed by atoms with Gasteiger partial charge in [-0.05, 0) is 19.9 Å². The maximum absolute atomic E-state index is 13.6.